The highest BCUT2D eigenvalue weighted by Gasteiger charge is 2.51. The van der Waals surface area contributed by atoms with Crippen LogP contribution in [-0.4, -0.2) is 35.5 Å². The molecule has 0 amide bonds. The molecule has 0 fully saturated rings. The predicted octanol–water partition coefficient (Wildman–Crippen LogP) is 0.201. The number of aliphatic carboxylic acids is 2. The van der Waals surface area contributed by atoms with Gasteiger partial charge in [-0.3, -0.25) is 9.59 Å². The number of hydrogen-bond acceptors (Lipinski definition) is 3. The quantitative estimate of drug-likeness (QED) is 0.392. The summed E-state index contributed by atoms with van der Waals surface area (Å²) in [6.07, 6.45) is 0. The van der Waals surface area contributed by atoms with Crippen molar-refractivity contribution in [2.24, 2.45) is 0 Å². The number of hydrogen-bond donors (Lipinski definition) is 3. The van der Waals surface area contributed by atoms with Gasteiger partial charge in [-0.15, -0.1) is 0 Å². The molecule has 0 bridgehead atoms. The number of nitrogens with one attached hydrogen (secondary N) is 1. The van der Waals surface area contributed by atoms with Gasteiger partial charge in [-0.25, -0.2) is 3.53 Å². The zero-order valence-corrected chi connectivity index (χ0v) is 9.32. The van der Waals surface area contributed by atoms with E-state index in [1.807, 2.05) is 0 Å². The fraction of sp³-hybridized carbons (Fsp3) is 0.667. The van der Waals surface area contributed by atoms with Crippen LogP contribution in [0, 0.1) is 0 Å². The Balaban J connectivity index is 5.19. The van der Waals surface area contributed by atoms with Crippen LogP contribution in [0.25, 0.3) is 0 Å². The number of carboxylic acids is 2. The van der Waals surface area contributed by atoms with Crippen LogP contribution < -0.4 is 3.53 Å². The molecule has 3 N–H and O–H groups in total. The lowest BCUT2D eigenvalue weighted by Crippen LogP contribution is -2.56. The summed E-state index contributed by atoms with van der Waals surface area (Å²) >= 11 is 1.57. The Morgan fingerprint density at radius 2 is 1.69 bits per heavy atom. The minimum absolute atomic E-state index is 1.15. The smallest absolute Gasteiger partial charge is 0.324 e. The van der Waals surface area contributed by atoms with Gasteiger partial charge in [0.1, 0.15) is 5.54 Å². The van der Waals surface area contributed by atoms with E-state index in [-0.39, 0.29) is 0 Å². The standard InChI is InChI=1S/C6H9BINO4/c1-5(7,3(10)11)6(2,9-8)4(12)13/h9H,1-2H3,(H,10,11)(H,12,13). The molecule has 0 spiro atoms. The highest BCUT2D eigenvalue weighted by atomic mass is 127. The van der Waals surface area contributed by atoms with Crippen LogP contribution in [0.3, 0.4) is 0 Å². The maximum atomic E-state index is 10.8. The Morgan fingerprint density at radius 3 is 1.77 bits per heavy atom. The number of halogens is 1. The van der Waals surface area contributed by atoms with Gasteiger partial charge in [-0.1, -0.05) is 6.92 Å². The average molecular weight is 297 g/mol. The fourth-order valence-corrected chi connectivity index (χ4v) is 1.37. The molecule has 0 aromatic rings. The van der Waals surface area contributed by atoms with E-state index >= 15 is 0 Å². The molecule has 0 aromatic heterocycles. The summed E-state index contributed by atoms with van der Waals surface area (Å²) in [6, 6.07) is 0. The molecule has 0 saturated heterocycles. The summed E-state index contributed by atoms with van der Waals surface area (Å²) in [5.41, 5.74) is -1.71. The number of carbonyl (C=O) groups is 2. The molecule has 0 aliphatic rings. The molecule has 13 heavy (non-hydrogen) atoms. The lowest BCUT2D eigenvalue weighted by molar-refractivity contribution is -0.153. The Bertz CT molecular complexity index is 245. The first-order valence-corrected chi connectivity index (χ1v) is 4.41. The van der Waals surface area contributed by atoms with Gasteiger partial charge < -0.3 is 10.2 Å². The van der Waals surface area contributed by atoms with Crippen molar-refractivity contribution in [1.82, 2.24) is 3.53 Å². The first kappa shape index (κ1) is 12.7. The highest BCUT2D eigenvalue weighted by Crippen LogP contribution is 2.36. The Hall–Kier alpha value is -0.305. The molecule has 0 heterocycles. The normalized spacial score (nSPS) is 19.9. The topological polar surface area (TPSA) is 86.6 Å². The van der Waals surface area contributed by atoms with Crippen LogP contribution in [0.2, 0.25) is 5.31 Å². The minimum atomic E-state index is -1.87. The van der Waals surface area contributed by atoms with Crippen molar-refractivity contribution in [3.63, 3.8) is 0 Å². The van der Waals surface area contributed by atoms with E-state index in [9.17, 15) is 9.59 Å². The molecular formula is C6H9BINO4. The van der Waals surface area contributed by atoms with E-state index in [0.29, 0.717) is 0 Å². The largest absolute Gasteiger partial charge is 0.481 e. The third kappa shape index (κ3) is 1.96. The van der Waals surface area contributed by atoms with E-state index in [1.165, 1.54) is 6.92 Å². The Morgan fingerprint density at radius 1 is 1.31 bits per heavy atom. The molecular weight excluding hydrogens is 288 g/mol. The van der Waals surface area contributed by atoms with Crippen molar-refractivity contribution in [1.29, 1.82) is 0 Å². The van der Waals surface area contributed by atoms with E-state index in [0.717, 1.165) is 6.92 Å². The SMILES string of the molecule is [B]C(C)(C(=O)O)C(C)(NI)C(=O)O. The zero-order valence-electron chi connectivity index (χ0n) is 7.17. The van der Waals surface area contributed by atoms with E-state index in [1.54, 1.807) is 22.9 Å². The molecule has 0 saturated carbocycles. The third-order valence-corrected chi connectivity index (χ3v) is 3.18. The monoisotopic (exact) mass is 297 g/mol. The minimum Gasteiger partial charge on any atom is -0.481 e. The summed E-state index contributed by atoms with van der Waals surface area (Å²) in [4.78, 5) is 21.5. The van der Waals surface area contributed by atoms with Crippen molar-refractivity contribution in [2.45, 2.75) is 24.7 Å². The molecule has 2 radical (unpaired) electrons. The molecule has 0 aliphatic heterocycles. The van der Waals surface area contributed by atoms with Crippen molar-refractivity contribution in [3.05, 3.63) is 0 Å². The third-order valence-electron chi connectivity index (χ3n) is 2.10. The van der Waals surface area contributed by atoms with Crippen molar-refractivity contribution in [3.8, 4) is 0 Å². The van der Waals surface area contributed by atoms with Gasteiger partial charge >= 0.3 is 11.9 Å². The average Bonchev–Trinajstić information content (AvgIpc) is 2.01. The highest BCUT2D eigenvalue weighted by molar-refractivity contribution is 14.1. The first-order chi connectivity index (χ1) is 5.70. The Kier molecular flexibility index (Phi) is 3.74. The molecule has 2 atom stereocenters. The predicted molar refractivity (Wildman–Crippen MR) is 55.0 cm³/mol. The first-order valence-electron chi connectivity index (χ1n) is 3.33. The van der Waals surface area contributed by atoms with Gasteiger partial charge in [0.05, 0.1) is 13.2 Å². The fourth-order valence-electron chi connectivity index (χ4n) is 0.575. The molecule has 0 aliphatic carbocycles. The second kappa shape index (κ2) is 3.83. The summed E-state index contributed by atoms with van der Waals surface area (Å²) in [7, 11) is 5.40. The zero-order chi connectivity index (χ0) is 10.9. The Labute approximate surface area is 90.8 Å². The summed E-state index contributed by atoms with van der Waals surface area (Å²) < 4.78 is 2.36. The van der Waals surface area contributed by atoms with Crippen LogP contribution in [0.4, 0.5) is 0 Å². The molecule has 0 rings (SSSR count). The molecule has 0 aromatic carbocycles. The lowest BCUT2D eigenvalue weighted by atomic mass is 9.58. The molecule has 7 heteroatoms. The van der Waals surface area contributed by atoms with Gasteiger partial charge in [0.25, 0.3) is 0 Å². The second-order valence-corrected chi connectivity index (χ2v) is 3.57. The molecule has 5 nitrogen and oxygen atoms in total. The maximum absolute atomic E-state index is 10.8. The van der Waals surface area contributed by atoms with E-state index < -0.39 is 22.8 Å². The van der Waals surface area contributed by atoms with Gasteiger partial charge in [0.2, 0.25) is 0 Å². The number of carboxylic acid groups (broad SMARTS) is 2. The van der Waals surface area contributed by atoms with Crippen LogP contribution in [0.1, 0.15) is 13.8 Å². The van der Waals surface area contributed by atoms with Gasteiger partial charge in [-0.05, 0) is 6.92 Å². The van der Waals surface area contributed by atoms with Gasteiger partial charge in [0.15, 0.2) is 0 Å². The maximum Gasteiger partial charge on any atom is 0.324 e. The summed E-state index contributed by atoms with van der Waals surface area (Å²) in [5, 5.41) is 15.7. The van der Waals surface area contributed by atoms with E-state index in [4.69, 9.17) is 18.1 Å². The second-order valence-electron chi connectivity index (χ2n) is 3.03. The van der Waals surface area contributed by atoms with Crippen LogP contribution in [0.5, 0.6) is 0 Å². The van der Waals surface area contributed by atoms with Gasteiger partial charge in [-0.2, -0.15) is 0 Å². The summed E-state index contributed by atoms with van der Waals surface area (Å²) in [5.74, 6) is -2.68. The van der Waals surface area contributed by atoms with Crippen LogP contribution >= 0.6 is 22.9 Å². The number of rotatable bonds is 4. The van der Waals surface area contributed by atoms with Crippen molar-refractivity contribution >= 4 is 42.6 Å². The summed E-state index contributed by atoms with van der Waals surface area (Å²) in [6.45, 7) is 2.37. The van der Waals surface area contributed by atoms with E-state index in [2.05, 4.69) is 3.53 Å². The lowest BCUT2D eigenvalue weighted by Gasteiger charge is -2.36. The molecule has 2 unspecified atom stereocenters. The van der Waals surface area contributed by atoms with Gasteiger partial charge in [0, 0.05) is 22.9 Å². The van der Waals surface area contributed by atoms with Crippen LogP contribution in [0.15, 0.2) is 0 Å². The van der Waals surface area contributed by atoms with Crippen molar-refractivity contribution < 1.29 is 19.8 Å². The van der Waals surface area contributed by atoms with Crippen molar-refractivity contribution in [2.75, 3.05) is 0 Å². The molecule has 72 valence electrons. The van der Waals surface area contributed by atoms with Crippen LogP contribution in [-0.2, 0) is 9.59 Å².